The normalized spacial score (nSPS) is 11.0. The van der Waals surface area contributed by atoms with Gasteiger partial charge in [-0.1, -0.05) is 93.8 Å². The highest BCUT2D eigenvalue weighted by atomic mass is 16.0. The molecular formula is C24H39NO. The van der Waals surface area contributed by atoms with Crippen LogP contribution in [0.1, 0.15) is 69.8 Å². The molecule has 26 heavy (non-hydrogen) atoms. The topological polar surface area (TPSA) is 34.7 Å². The van der Waals surface area contributed by atoms with E-state index in [9.17, 15) is 0 Å². The molecule has 2 heteroatoms. The van der Waals surface area contributed by atoms with Gasteiger partial charge in [-0.3, -0.25) is 0 Å². The number of aryl methyl sites for hydroxylation is 1. The molecule has 0 heterocycles. The Balaban J connectivity index is 0.00000338. The van der Waals surface area contributed by atoms with Gasteiger partial charge in [0.2, 0.25) is 0 Å². The Morgan fingerprint density at radius 1 is 0.615 bits per heavy atom. The Morgan fingerprint density at radius 2 is 1.15 bits per heavy atom. The van der Waals surface area contributed by atoms with E-state index < -0.39 is 0 Å². The Kier molecular flexibility index (Phi) is 12.0. The van der Waals surface area contributed by atoms with Crippen molar-refractivity contribution in [1.82, 2.24) is 4.90 Å². The van der Waals surface area contributed by atoms with Gasteiger partial charge in [0.1, 0.15) is 0 Å². The van der Waals surface area contributed by atoms with Gasteiger partial charge in [-0.2, -0.15) is 0 Å². The molecular weight excluding hydrogens is 318 g/mol. The largest absolute Gasteiger partial charge is 0.412 e. The summed E-state index contributed by atoms with van der Waals surface area (Å²) in [4.78, 5) is 2.29. The predicted molar refractivity (Wildman–Crippen MR) is 116 cm³/mol. The first-order valence-corrected chi connectivity index (χ1v) is 10.4. The van der Waals surface area contributed by atoms with E-state index in [2.05, 4.69) is 61.5 Å². The van der Waals surface area contributed by atoms with E-state index in [0.717, 1.165) is 0 Å². The van der Waals surface area contributed by atoms with E-state index in [4.69, 9.17) is 0 Å². The molecule has 0 fully saturated rings. The number of hydrogen-bond donors (Lipinski definition) is 0. The fourth-order valence-corrected chi connectivity index (χ4v) is 3.67. The van der Waals surface area contributed by atoms with Gasteiger partial charge in [0.05, 0.1) is 0 Å². The summed E-state index contributed by atoms with van der Waals surface area (Å²) in [5.74, 6) is 0. The Bertz CT molecular complexity index is 588. The molecule has 2 rings (SSSR count). The maximum Gasteiger partial charge on any atom is -0.00248 e. The monoisotopic (exact) mass is 357 g/mol. The van der Waals surface area contributed by atoms with Crippen LogP contribution >= 0.6 is 0 Å². The maximum absolute atomic E-state index is 2.30. The smallest absolute Gasteiger partial charge is 0.00248 e. The lowest BCUT2D eigenvalue weighted by Crippen LogP contribution is -2.12. The van der Waals surface area contributed by atoms with E-state index >= 15 is 0 Å². The molecule has 0 spiro atoms. The van der Waals surface area contributed by atoms with Gasteiger partial charge < -0.3 is 10.4 Å². The van der Waals surface area contributed by atoms with Crippen molar-refractivity contribution in [1.29, 1.82) is 0 Å². The second-order valence-corrected chi connectivity index (χ2v) is 7.73. The highest BCUT2D eigenvalue weighted by Gasteiger charge is 2.00. The SMILES string of the molecule is CN(C)CCCCCCCCCCCCc1cccc2ccccc12.O. The van der Waals surface area contributed by atoms with Crippen molar-refractivity contribution in [3.05, 3.63) is 48.0 Å². The van der Waals surface area contributed by atoms with Crippen LogP contribution in [0.25, 0.3) is 10.8 Å². The summed E-state index contributed by atoms with van der Waals surface area (Å²) < 4.78 is 0. The summed E-state index contributed by atoms with van der Waals surface area (Å²) in [7, 11) is 4.33. The summed E-state index contributed by atoms with van der Waals surface area (Å²) in [6.45, 7) is 1.25. The van der Waals surface area contributed by atoms with Crippen LogP contribution in [0.5, 0.6) is 0 Å². The van der Waals surface area contributed by atoms with E-state index in [1.807, 2.05) is 0 Å². The number of benzene rings is 2. The molecule has 0 aliphatic rings. The average molecular weight is 358 g/mol. The van der Waals surface area contributed by atoms with E-state index in [0.29, 0.717) is 0 Å². The van der Waals surface area contributed by atoms with Gasteiger partial charge in [-0.25, -0.2) is 0 Å². The fourth-order valence-electron chi connectivity index (χ4n) is 3.67. The zero-order valence-electron chi connectivity index (χ0n) is 17.0. The Hall–Kier alpha value is -1.38. The van der Waals surface area contributed by atoms with E-state index in [1.165, 1.54) is 93.5 Å². The molecule has 0 aromatic heterocycles. The number of fused-ring (bicyclic) bond motifs is 1. The molecule has 2 nitrogen and oxygen atoms in total. The summed E-state index contributed by atoms with van der Waals surface area (Å²) in [6, 6.07) is 15.5. The first-order chi connectivity index (χ1) is 12.3. The fraction of sp³-hybridized carbons (Fsp3) is 0.583. The van der Waals surface area contributed by atoms with Crippen molar-refractivity contribution in [3.8, 4) is 0 Å². The van der Waals surface area contributed by atoms with Crippen LogP contribution < -0.4 is 0 Å². The lowest BCUT2D eigenvalue weighted by molar-refractivity contribution is 0.389. The molecule has 0 atom stereocenters. The summed E-state index contributed by atoms with van der Waals surface area (Å²) in [5, 5.41) is 2.82. The molecule has 0 saturated carbocycles. The van der Waals surface area contributed by atoms with Crippen molar-refractivity contribution in [2.45, 2.75) is 70.6 Å². The zero-order chi connectivity index (χ0) is 17.7. The van der Waals surface area contributed by atoms with Crippen LogP contribution in [0.15, 0.2) is 42.5 Å². The summed E-state index contributed by atoms with van der Waals surface area (Å²) in [6.07, 6.45) is 15.3. The van der Waals surface area contributed by atoms with Crippen LogP contribution in [-0.2, 0) is 6.42 Å². The first-order valence-electron chi connectivity index (χ1n) is 10.4. The van der Waals surface area contributed by atoms with Crippen molar-refractivity contribution in [2.75, 3.05) is 20.6 Å². The molecule has 0 aliphatic heterocycles. The van der Waals surface area contributed by atoms with Crippen LogP contribution in [0, 0.1) is 0 Å². The molecule has 0 saturated heterocycles. The van der Waals surface area contributed by atoms with Gasteiger partial charge in [-0.15, -0.1) is 0 Å². The molecule has 146 valence electrons. The minimum atomic E-state index is 0. The molecule has 2 aromatic carbocycles. The molecule has 0 bridgehead atoms. The van der Waals surface area contributed by atoms with Crippen molar-refractivity contribution < 1.29 is 5.48 Å². The molecule has 0 radical (unpaired) electrons. The molecule has 0 aliphatic carbocycles. The summed E-state index contributed by atoms with van der Waals surface area (Å²) in [5.41, 5.74) is 1.52. The van der Waals surface area contributed by atoms with Crippen LogP contribution in [-0.4, -0.2) is 31.0 Å². The highest BCUT2D eigenvalue weighted by molar-refractivity contribution is 5.85. The molecule has 2 N–H and O–H groups in total. The van der Waals surface area contributed by atoms with Crippen LogP contribution in [0.2, 0.25) is 0 Å². The Labute approximate surface area is 160 Å². The average Bonchev–Trinajstić information content (AvgIpc) is 2.62. The van der Waals surface area contributed by atoms with E-state index in [-0.39, 0.29) is 5.48 Å². The molecule has 0 unspecified atom stereocenters. The van der Waals surface area contributed by atoms with Gasteiger partial charge in [0, 0.05) is 0 Å². The Morgan fingerprint density at radius 3 is 1.81 bits per heavy atom. The number of nitrogens with zero attached hydrogens (tertiary/aromatic N) is 1. The van der Waals surface area contributed by atoms with Gasteiger partial charge in [0.25, 0.3) is 0 Å². The molecule has 2 aromatic rings. The third-order valence-corrected chi connectivity index (χ3v) is 5.18. The van der Waals surface area contributed by atoms with E-state index in [1.54, 1.807) is 0 Å². The van der Waals surface area contributed by atoms with Crippen LogP contribution in [0.4, 0.5) is 0 Å². The number of unbranched alkanes of at least 4 members (excludes halogenated alkanes) is 9. The van der Waals surface area contributed by atoms with Crippen molar-refractivity contribution in [3.63, 3.8) is 0 Å². The zero-order valence-corrected chi connectivity index (χ0v) is 17.0. The second kappa shape index (κ2) is 13.8. The second-order valence-electron chi connectivity index (χ2n) is 7.73. The predicted octanol–water partition coefficient (Wildman–Crippen LogP) is 6.02. The lowest BCUT2D eigenvalue weighted by Gasteiger charge is -2.08. The third-order valence-electron chi connectivity index (χ3n) is 5.18. The lowest BCUT2D eigenvalue weighted by atomic mass is 9.99. The maximum atomic E-state index is 2.30. The van der Waals surface area contributed by atoms with Gasteiger partial charge in [0.15, 0.2) is 0 Å². The minimum absolute atomic E-state index is 0. The van der Waals surface area contributed by atoms with Crippen molar-refractivity contribution >= 4 is 10.8 Å². The first kappa shape index (κ1) is 22.7. The quantitative estimate of drug-likeness (QED) is 0.404. The highest BCUT2D eigenvalue weighted by Crippen LogP contribution is 2.20. The van der Waals surface area contributed by atoms with Gasteiger partial charge in [-0.05, 0) is 56.2 Å². The number of rotatable bonds is 13. The third kappa shape index (κ3) is 8.82. The van der Waals surface area contributed by atoms with Crippen molar-refractivity contribution in [2.24, 2.45) is 0 Å². The summed E-state index contributed by atoms with van der Waals surface area (Å²) >= 11 is 0. The molecule has 0 amide bonds. The number of hydrogen-bond acceptors (Lipinski definition) is 1. The van der Waals surface area contributed by atoms with Gasteiger partial charge >= 0.3 is 0 Å². The van der Waals surface area contributed by atoms with Crippen LogP contribution in [0.3, 0.4) is 0 Å². The standard InChI is InChI=1S/C24H37N.H2O/c1-25(2)21-14-10-8-6-4-3-5-7-9-11-16-22-18-15-19-23-17-12-13-20-24(22)23;/h12-13,15,17-20H,3-11,14,16,21H2,1-2H3;1H2. The minimum Gasteiger partial charge on any atom is -0.412 e.